The van der Waals surface area contributed by atoms with Gasteiger partial charge in [0.05, 0.1) is 11.1 Å². The molecule has 4 nitrogen and oxygen atoms in total. The van der Waals surface area contributed by atoms with Gasteiger partial charge in [-0.3, -0.25) is 14.5 Å². The van der Waals surface area contributed by atoms with Crippen LogP contribution in [0.4, 0.5) is 5.69 Å². The van der Waals surface area contributed by atoms with Crippen molar-refractivity contribution in [3.63, 3.8) is 0 Å². The third-order valence-corrected chi connectivity index (χ3v) is 3.95. The molecule has 22 heavy (non-hydrogen) atoms. The molecule has 2 aromatic carbocycles. The molecule has 112 valence electrons. The number of imide groups is 1. The van der Waals surface area contributed by atoms with Crippen LogP contribution in [-0.4, -0.2) is 36.9 Å². The van der Waals surface area contributed by atoms with Gasteiger partial charge < -0.3 is 4.90 Å². The Bertz CT molecular complexity index is 662. The fourth-order valence-corrected chi connectivity index (χ4v) is 2.72. The van der Waals surface area contributed by atoms with Gasteiger partial charge in [-0.2, -0.15) is 0 Å². The number of carbonyl (C=O) groups excluding carboxylic acids is 2. The third-order valence-electron chi connectivity index (χ3n) is 3.95. The lowest BCUT2D eigenvalue weighted by Crippen LogP contribution is -2.32. The summed E-state index contributed by atoms with van der Waals surface area (Å²) in [5.41, 5.74) is 2.16. The molecule has 1 heterocycles. The number of para-hydroxylation sites is 1. The van der Waals surface area contributed by atoms with E-state index in [0.29, 0.717) is 17.7 Å². The Morgan fingerprint density at radius 3 is 2.00 bits per heavy atom. The third kappa shape index (κ3) is 2.60. The van der Waals surface area contributed by atoms with Crippen LogP contribution in [0.3, 0.4) is 0 Å². The number of nitrogens with zero attached hydrogens (tertiary/aromatic N) is 2. The van der Waals surface area contributed by atoms with Crippen molar-refractivity contribution < 1.29 is 9.59 Å². The maximum absolute atomic E-state index is 12.2. The van der Waals surface area contributed by atoms with Gasteiger partial charge in [0.2, 0.25) is 0 Å². The largest absolute Gasteiger partial charge is 0.375 e. The quantitative estimate of drug-likeness (QED) is 0.796. The average molecular weight is 294 g/mol. The monoisotopic (exact) mass is 294 g/mol. The zero-order valence-electron chi connectivity index (χ0n) is 12.5. The van der Waals surface area contributed by atoms with Gasteiger partial charge in [-0.15, -0.1) is 0 Å². The van der Waals surface area contributed by atoms with Crippen molar-refractivity contribution in [3.8, 4) is 0 Å². The van der Waals surface area contributed by atoms with Crippen LogP contribution in [0.15, 0.2) is 54.6 Å². The summed E-state index contributed by atoms with van der Waals surface area (Å²) < 4.78 is 0. The van der Waals surface area contributed by atoms with E-state index in [2.05, 4.69) is 4.90 Å². The molecule has 0 unspecified atom stereocenters. The number of hydrogen-bond donors (Lipinski definition) is 0. The standard InChI is InChI=1S/C18H18N2O2/c1-19(14-8-3-2-4-9-14)12-7-13-20-17(21)15-10-5-6-11-16(15)18(20)22/h2-6,8-11H,7,12-13H2,1H3. The first-order valence-corrected chi connectivity index (χ1v) is 7.40. The summed E-state index contributed by atoms with van der Waals surface area (Å²) in [7, 11) is 2.01. The van der Waals surface area contributed by atoms with E-state index in [1.165, 1.54) is 4.90 Å². The zero-order chi connectivity index (χ0) is 15.5. The van der Waals surface area contributed by atoms with Gasteiger partial charge in [0.15, 0.2) is 0 Å². The first kappa shape index (κ1) is 14.3. The highest BCUT2D eigenvalue weighted by molar-refractivity contribution is 6.21. The second kappa shape index (κ2) is 6.02. The normalized spacial score (nSPS) is 13.4. The van der Waals surface area contributed by atoms with Crippen molar-refractivity contribution in [1.82, 2.24) is 4.90 Å². The molecule has 3 rings (SSSR count). The van der Waals surface area contributed by atoms with Crippen molar-refractivity contribution in [2.45, 2.75) is 6.42 Å². The van der Waals surface area contributed by atoms with Crippen molar-refractivity contribution in [2.24, 2.45) is 0 Å². The summed E-state index contributed by atoms with van der Waals surface area (Å²) in [5, 5.41) is 0. The van der Waals surface area contributed by atoms with Crippen molar-refractivity contribution >= 4 is 17.5 Å². The summed E-state index contributed by atoms with van der Waals surface area (Å²) in [6.45, 7) is 1.24. The van der Waals surface area contributed by atoms with E-state index in [0.717, 1.165) is 18.7 Å². The van der Waals surface area contributed by atoms with Gasteiger partial charge in [-0.05, 0) is 30.7 Å². The lowest BCUT2D eigenvalue weighted by molar-refractivity contribution is 0.0653. The van der Waals surface area contributed by atoms with E-state index < -0.39 is 0 Å². The van der Waals surface area contributed by atoms with Crippen molar-refractivity contribution in [1.29, 1.82) is 0 Å². The minimum absolute atomic E-state index is 0.178. The topological polar surface area (TPSA) is 40.6 Å². The lowest BCUT2D eigenvalue weighted by Gasteiger charge is -2.21. The van der Waals surface area contributed by atoms with Crippen LogP contribution in [-0.2, 0) is 0 Å². The molecule has 0 spiro atoms. The minimum atomic E-state index is -0.178. The number of hydrogen-bond acceptors (Lipinski definition) is 3. The van der Waals surface area contributed by atoms with Crippen LogP contribution in [0.1, 0.15) is 27.1 Å². The Morgan fingerprint density at radius 1 is 0.864 bits per heavy atom. The second-order valence-corrected chi connectivity index (χ2v) is 5.42. The van der Waals surface area contributed by atoms with Crippen molar-refractivity contribution in [2.75, 3.05) is 25.0 Å². The predicted molar refractivity (Wildman–Crippen MR) is 86.1 cm³/mol. The van der Waals surface area contributed by atoms with Crippen LogP contribution >= 0.6 is 0 Å². The summed E-state index contributed by atoms with van der Waals surface area (Å²) >= 11 is 0. The first-order valence-electron chi connectivity index (χ1n) is 7.40. The molecule has 0 aliphatic carbocycles. The number of rotatable bonds is 5. The number of carbonyl (C=O) groups is 2. The van der Waals surface area contributed by atoms with Crippen LogP contribution in [0.2, 0.25) is 0 Å². The fraction of sp³-hybridized carbons (Fsp3) is 0.222. The molecule has 1 aliphatic rings. The van der Waals surface area contributed by atoms with E-state index in [4.69, 9.17) is 0 Å². The Kier molecular flexibility index (Phi) is 3.92. The van der Waals surface area contributed by atoms with E-state index in [1.807, 2.05) is 37.4 Å². The van der Waals surface area contributed by atoms with Gasteiger partial charge in [0.1, 0.15) is 0 Å². The molecule has 0 saturated heterocycles. The molecule has 0 radical (unpaired) electrons. The molecule has 0 fully saturated rings. The number of amides is 2. The van der Waals surface area contributed by atoms with Gasteiger partial charge in [-0.25, -0.2) is 0 Å². The maximum atomic E-state index is 12.2. The molecule has 0 bridgehead atoms. The van der Waals surface area contributed by atoms with E-state index in [1.54, 1.807) is 24.3 Å². The van der Waals surface area contributed by atoms with Gasteiger partial charge in [0.25, 0.3) is 11.8 Å². The van der Waals surface area contributed by atoms with Crippen LogP contribution < -0.4 is 4.90 Å². The first-order chi connectivity index (χ1) is 10.7. The summed E-state index contributed by atoms with van der Waals surface area (Å²) in [4.78, 5) is 28.0. The molecule has 4 heteroatoms. The SMILES string of the molecule is CN(CCCN1C(=O)c2ccccc2C1=O)c1ccccc1. The maximum Gasteiger partial charge on any atom is 0.261 e. The zero-order valence-corrected chi connectivity index (χ0v) is 12.5. The van der Waals surface area contributed by atoms with Crippen molar-refractivity contribution in [3.05, 3.63) is 65.7 Å². The van der Waals surface area contributed by atoms with Crippen LogP contribution in [0, 0.1) is 0 Å². The summed E-state index contributed by atoms with van der Waals surface area (Å²) in [5.74, 6) is -0.356. The molecule has 0 saturated carbocycles. The average Bonchev–Trinajstić information content (AvgIpc) is 2.81. The predicted octanol–water partition coefficient (Wildman–Crippen LogP) is 2.81. The molecule has 0 aromatic heterocycles. The molecule has 1 aliphatic heterocycles. The highest BCUT2D eigenvalue weighted by Gasteiger charge is 2.34. The summed E-state index contributed by atoms with van der Waals surface area (Å²) in [6, 6.07) is 17.1. The lowest BCUT2D eigenvalue weighted by atomic mass is 10.1. The number of anilines is 1. The Balaban J connectivity index is 1.59. The Labute approximate surface area is 130 Å². The highest BCUT2D eigenvalue weighted by Crippen LogP contribution is 2.22. The molecule has 2 amide bonds. The number of benzene rings is 2. The Hall–Kier alpha value is -2.62. The molecular weight excluding hydrogens is 276 g/mol. The smallest absolute Gasteiger partial charge is 0.261 e. The van der Waals surface area contributed by atoms with Crippen LogP contribution in [0.25, 0.3) is 0 Å². The van der Waals surface area contributed by atoms with Gasteiger partial charge in [0, 0.05) is 25.8 Å². The second-order valence-electron chi connectivity index (χ2n) is 5.42. The number of fused-ring (bicyclic) bond motifs is 1. The van der Waals surface area contributed by atoms with E-state index >= 15 is 0 Å². The van der Waals surface area contributed by atoms with Crippen LogP contribution in [0.5, 0.6) is 0 Å². The van der Waals surface area contributed by atoms with Gasteiger partial charge in [-0.1, -0.05) is 30.3 Å². The minimum Gasteiger partial charge on any atom is -0.375 e. The fourth-order valence-electron chi connectivity index (χ4n) is 2.72. The summed E-state index contributed by atoms with van der Waals surface area (Å²) in [6.07, 6.45) is 0.747. The molecular formula is C18H18N2O2. The highest BCUT2D eigenvalue weighted by atomic mass is 16.2. The molecule has 0 atom stereocenters. The molecule has 0 N–H and O–H groups in total. The van der Waals surface area contributed by atoms with E-state index in [9.17, 15) is 9.59 Å². The van der Waals surface area contributed by atoms with E-state index in [-0.39, 0.29) is 11.8 Å². The molecule has 2 aromatic rings. The Morgan fingerprint density at radius 2 is 1.41 bits per heavy atom. The van der Waals surface area contributed by atoms with Gasteiger partial charge >= 0.3 is 0 Å².